The molecule has 0 bridgehead atoms. The molecule has 3 heteroatoms. The van der Waals surface area contributed by atoms with Gasteiger partial charge < -0.3 is 5.73 Å². The van der Waals surface area contributed by atoms with Crippen LogP contribution in [-0.4, -0.2) is 42.1 Å². The summed E-state index contributed by atoms with van der Waals surface area (Å²) in [6.45, 7) is 3.12. The standard InChI is InChI=1S/C13H28N2S/c1-4-12(10-16-3)15(2)13(11-14)8-6-5-7-9-13/h12H,4-11,14H2,1-3H3. The van der Waals surface area contributed by atoms with Crippen molar-refractivity contribution >= 4 is 11.8 Å². The Bertz CT molecular complexity index is 190. The number of likely N-dealkylation sites (N-methyl/N-ethyl adjacent to an activating group) is 1. The molecule has 16 heavy (non-hydrogen) atoms. The molecule has 0 heterocycles. The molecule has 2 N–H and O–H groups in total. The molecule has 96 valence electrons. The van der Waals surface area contributed by atoms with Gasteiger partial charge in [0.25, 0.3) is 0 Å². The van der Waals surface area contributed by atoms with Crippen LogP contribution in [0.15, 0.2) is 0 Å². The molecular weight excluding hydrogens is 216 g/mol. The van der Waals surface area contributed by atoms with E-state index in [4.69, 9.17) is 5.73 Å². The van der Waals surface area contributed by atoms with Gasteiger partial charge in [-0.1, -0.05) is 26.2 Å². The van der Waals surface area contributed by atoms with E-state index >= 15 is 0 Å². The number of hydrogen-bond acceptors (Lipinski definition) is 3. The van der Waals surface area contributed by atoms with Crippen molar-refractivity contribution in [2.24, 2.45) is 5.73 Å². The lowest BCUT2D eigenvalue weighted by Crippen LogP contribution is -2.57. The Morgan fingerprint density at radius 3 is 2.38 bits per heavy atom. The molecule has 0 spiro atoms. The highest BCUT2D eigenvalue weighted by molar-refractivity contribution is 7.98. The van der Waals surface area contributed by atoms with Gasteiger partial charge in [0.1, 0.15) is 0 Å². The van der Waals surface area contributed by atoms with Crippen LogP contribution >= 0.6 is 11.8 Å². The van der Waals surface area contributed by atoms with Gasteiger partial charge in [-0.05, 0) is 32.6 Å². The summed E-state index contributed by atoms with van der Waals surface area (Å²) in [6, 6.07) is 0.691. The number of nitrogens with two attached hydrogens (primary N) is 1. The fraction of sp³-hybridized carbons (Fsp3) is 1.00. The third-order valence-electron chi connectivity index (χ3n) is 4.29. The summed E-state index contributed by atoms with van der Waals surface area (Å²) in [4.78, 5) is 2.60. The summed E-state index contributed by atoms with van der Waals surface area (Å²) in [5, 5.41) is 0. The van der Waals surface area contributed by atoms with E-state index in [1.165, 1.54) is 44.3 Å². The van der Waals surface area contributed by atoms with E-state index in [1.807, 2.05) is 11.8 Å². The van der Waals surface area contributed by atoms with Gasteiger partial charge in [-0.25, -0.2) is 0 Å². The molecular formula is C13H28N2S. The number of rotatable bonds is 6. The van der Waals surface area contributed by atoms with E-state index in [0.29, 0.717) is 11.6 Å². The fourth-order valence-electron chi connectivity index (χ4n) is 2.99. The van der Waals surface area contributed by atoms with E-state index in [2.05, 4.69) is 25.1 Å². The molecule has 0 aliphatic heterocycles. The lowest BCUT2D eigenvalue weighted by atomic mass is 9.79. The van der Waals surface area contributed by atoms with Crippen molar-refractivity contribution < 1.29 is 0 Å². The van der Waals surface area contributed by atoms with Crippen molar-refractivity contribution in [1.82, 2.24) is 4.90 Å². The topological polar surface area (TPSA) is 29.3 Å². The van der Waals surface area contributed by atoms with Crippen LogP contribution in [0.4, 0.5) is 0 Å². The van der Waals surface area contributed by atoms with Gasteiger partial charge in [0.05, 0.1) is 0 Å². The van der Waals surface area contributed by atoms with Gasteiger partial charge in [0.15, 0.2) is 0 Å². The second kappa shape index (κ2) is 6.87. The van der Waals surface area contributed by atoms with Crippen molar-refractivity contribution in [3.8, 4) is 0 Å². The normalized spacial score (nSPS) is 22.3. The van der Waals surface area contributed by atoms with Gasteiger partial charge in [0, 0.05) is 23.9 Å². The average Bonchev–Trinajstić information content (AvgIpc) is 2.36. The van der Waals surface area contributed by atoms with Crippen molar-refractivity contribution in [3.05, 3.63) is 0 Å². The van der Waals surface area contributed by atoms with E-state index in [9.17, 15) is 0 Å². The van der Waals surface area contributed by atoms with Crippen LogP contribution < -0.4 is 5.73 Å². The molecule has 0 aromatic carbocycles. The Labute approximate surface area is 105 Å². The largest absolute Gasteiger partial charge is 0.329 e. The predicted molar refractivity (Wildman–Crippen MR) is 75.1 cm³/mol. The van der Waals surface area contributed by atoms with Crippen molar-refractivity contribution in [1.29, 1.82) is 0 Å². The maximum Gasteiger partial charge on any atom is 0.0331 e. The molecule has 0 aromatic rings. The Morgan fingerprint density at radius 2 is 1.94 bits per heavy atom. The van der Waals surface area contributed by atoms with E-state index < -0.39 is 0 Å². The first-order chi connectivity index (χ1) is 7.70. The first-order valence-electron chi connectivity index (χ1n) is 6.62. The van der Waals surface area contributed by atoms with Gasteiger partial charge in [-0.15, -0.1) is 0 Å². The highest BCUT2D eigenvalue weighted by atomic mass is 32.2. The van der Waals surface area contributed by atoms with Crippen LogP contribution in [0.1, 0.15) is 45.4 Å². The molecule has 1 unspecified atom stereocenters. The summed E-state index contributed by atoms with van der Waals surface area (Å²) < 4.78 is 0. The lowest BCUT2D eigenvalue weighted by molar-refractivity contribution is 0.0500. The summed E-state index contributed by atoms with van der Waals surface area (Å²) in [5.74, 6) is 1.23. The highest BCUT2D eigenvalue weighted by Crippen LogP contribution is 2.34. The highest BCUT2D eigenvalue weighted by Gasteiger charge is 2.37. The van der Waals surface area contributed by atoms with Gasteiger partial charge in [-0.2, -0.15) is 11.8 Å². The fourth-order valence-corrected chi connectivity index (χ4v) is 3.84. The molecule has 0 amide bonds. The summed E-state index contributed by atoms with van der Waals surface area (Å²) in [6.07, 6.45) is 10.1. The summed E-state index contributed by atoms with van der Waals surface area (Å²) in [5.41, 5.74) is 6.38. The van der Waals surface area contributed by atoms with E-state index in [-0.39, 0.29) is 0 Å². The summed E-state index contributed by atoms with van der Waals surface area (Å²) in [7, 11) is 2.29. The van der Waals surface area contributed by atoms with Crippen LogP contribution in [0.2, 0.25) is 0 Å². The van der Waals surface area contributed by atoms with E-state index in [1.54, 1.807) is 0 Å². The first-order valence-corrected chi connectivity index (χ1v) is 8.01. The number of nitrogens with zero attached hydrogens (tertiary/aromatic N) is 1. The van der Waals surface area contributed by atoms with Crippen LogP contribution in [0, 0.1) is 0 Å². The number of thioether (sulfide) groups is 1. The summed E-state index contributed by atoms with van der Waals surface area (Å²) >= 11 is 1.95. The maximum absolute atomic E-state index is 6.08. The molecule has 2 nitrogen and oxygen atoms in total. The van der Waals surface area contributed by atoms with Crippen molar-refractivity contribution in [2.75, 3.05) is 25.6 Å². The molecule has 1 rings (SSSR count). The minimum Gasteiger partial charge on any atom is -0.329 e. The molecule has 0 saturated heterocycles. The Hall–Kier alpha value is 0.270. The Morgan fingerprint density at radius 1 is 1.31 bits per heavy atom. The molecule has 1 saturated carbocycles. The predicted octanol–water partition coefficient (Wildman–Crippen LogP) is 2.72. The monoisotopic (exact) mass is 244 g/mol. The van der Waals surface area contributed by atoms with Crippen LogP contribution in [-0.2, 0) is 0 Å². The van der Waals surface area contributed by atoms with Gasteiger partial charge in [-0.3, -0.25) is 4.90 Å². The Kier molecular flexibility index (Phi) is 6.16. The van der Waals surface area contributed by atoms with E-state index in [0.717, 1.165) is 6.54 Å². The minimum absolute atomic E-state index is 0.300. The second-order valence-corrected chi connectivity index (χ2v) is 6.03. The van der Waals surface area contributed by atoms with Crippen molar-refractivity contribution in [3.63, 3.8) is 0 Å². The SMILES string of the molecule is CCC(CSC)N(C)C1(CN)CCCCC1. The van der Waals surface area contributed by atoms with Gasteiger partial charge in [0.2, 0.25) is 0 Å². The van der Waals surface area contributed by atoms with Gasteiger partial charge >= 0.3 is 0 Å². The molecule has 1 fully saturated rings. The van der Waals surface area contributed by atoms with Crippen LogP contribution in [0.3, 0.4) is 0 Å². The van der Waals surface area contributed by atoms with Crippen molar-refractivity contribution in [2.45, 2.75) is 57.0 Å². The molecule has 1 aliphatic carbocycles. The second-order valence-electron chi connectivity index (χ2n) is 5.12. The van der Waals surface area contributed by atoms with Crippen LogP contribution in [0.25, 0.3) is 0 Å². The lowest BCUT2D eigenvalue weighted by Gasteiger charge is -2.47. The molecule has 1 aliphatic rings. The molecule has 0 radical (unpaired) electrons. The quantitative estimate of drug-likeness (QED) is 0.779. The average molecular weight is 244 g/mol. The zero-order valence-corrected chi connectivity index (χ0v) is 12.0. The maximum atomic E-state index is 6.08. The zero-order chi connectivity index (χ0) is 12.0. The van der Waals surface area contributed by atoms with Crippen LogP contribution in [0.5, 0.6) is 0 Å². The third kappa shape index (κ3) is 3.14. The minimum atomic E-state index is 0.300. The smallest absolute Gasteiger partial charge is 0.0331 e. The third-order valence-corrected chi connectivity index (χ3v) is 5.01. The first kappa shape index (κ1) is 14.3. The molecule has 1 atom stereocenters. The Balaban J connectivity index is 2.68. The zero-order valence-electron chi connectivity index (χ0n) is 11.2. The molecule has 0 aromatic heterocycles. The number of hydrogen-bond donors (Lipinski definition) is 1.